The number of nitrogens with zero attached hydrogens (tertiary/aromatic N) is 2. The number of thioether (sulfide) groups is 1. The molecule has 1 heterocycles. The molecule has 0 N–H and O–H groups in total. The highest BCUT2D eigenvalue weighted by Crippen LogP contribution is 2.39. The molecule has 0 spiro atoms. The predicted octanol–water partition coefficient (Wildman–Crippen LogP) is 8.82. The number of para-hydroxylation sites is 1. The molecule has 3 aromatic rings. The van der Waals surface area contributed by atoms with Crippen molar-refractivity contribution in [2.75, 3.05) is 0 Å². The summed E-state index contributed by atoms with van der Waals surface area (Å²) in [5, 5.41) is 1.89. The predicted molar refractivity (Wildman–Crippen MR) is 155 cm³/mol. The number of amides is 1. The lowest BCUT2D eigenvalue weighted by atomic mass is 9.94. The molecule has 0 unspecified atom stereocenters. The Morgan fingerprint density at radius 2 is 1.78 bits per heavy atom. The van der Waals surface area contributed by atoms with Crippen molar-refractivity contribution >= 4 is 57.8 Å². The highest BCUT2D eigenvalue weighted by Gasteiger charge is 2.38. The van der Waals surface area contributed by atoms with Crippen LogP contribution in [-0.4, -0.2) is 22.0 Å². The second-order valence-electron chi connectivity index (χ2n) is 9.37. The Hall–Kier alpha value is -2.73. The largest absolute Gasteiger partial charge is 0.488 e. The molecule has 1 aliphatic carbocycles. The van der Waals surface area contributed by atoms with Crippen LogP contribution < -0.4 is 4.74 Å². The van der Waals surface area contributed by atoms with Crippen LogP contribution in [0.3, 0.4) is 0 Å². The molecule has 37 heavy (non-hydrogen) atoms. The number of hydrogen-bond acceptors (Lipinski definition) is 4. The van der Waals surface area contributed by atoms with E-state index in [1.807, 2.05) is 65.6 Å². The van der Waals surface area contributed by atoms with Crippen molar-refractivity contribution in [1.29, 1.82) is 0 Å². The summed E-state index contributed by atoms with van der Waals surface area (Å²) >= 11 is 13.8. The first kappa shape index (κ1) is 25.9. The van der Waals surface area contributed by atoms with Gasteiger partial charge in [-0.05, 0) is 67.9 Å². The summed E-state index contributed by atoms with van der Waals surface area (Å²) in [5.74, 6) is 0.695. The molecule has 4 nitrogen and oxygen atoms in total. The molecule has 1 amide bonds. The van der Waals surface area contributed by atoms with Crippen molar-refractivity contribution in [1.82, 2.24) is 4.90 Å². The molecule has 2 fully saturated rings. The molecule has 0 bridgehead atoms. The van der Waals surface area contributed by atoms with E-state index in [1.54, 1.807) is 12.1 Å². The van der Waals surface area contributed by atoms with Gasteiger partial charge in [0.1, 0.15) is 12.4 Å². The minimum Gasteiger partial charge on any atom is -0.488 e. The summed E-state index contributed by atoms with van der Waals surface area (Å²) in [6.45, 7) is 2.35. The van der Waals surface area contributed by atoms with Crippen LogP contribution in [0.25, 0.3) is 6.08 Å². The number of halogens is 2. The van der Waals surface area contributed by atoms with Crippen LogP contribution in [0.15, 0.2) is 76.6 Å². The highest BCUT2D eigenvalue weighted by molar-refractivity contribution is 8.18. The van der Waals surface area contributed by atoms with E-state index >= 15 is 0 Å². The van der Waals surface area contributed by atoms with E-state index in [-0.39, 0.29) is 11.9 Å². The van der Waals surface area contributed by atoms with Crippen LogP contribution in [0, 0.1) is 6.92 Å². The molecule has 0 atom stereocenters. The maximum Gasteiger partial charge on any atom is 0.267 e. The van der Waals surface area contributed by atoms with Crippen molar-refractivity contribution < 1.29 is 9.53 Å². The van der Waals surface area contributed by atoms with Gasteiger partial charge in [0.15, 0.2) is 5.17 Å². The number of ether oxygens (including phenoxy) is 1. The third kappa shape index (κ3) is 6.23. The highest BCUT2D eigenvalue weighted by atomic mass is 35.5. The molecule has 2 aliphatic rings. The normalized spacial score (nSPS) is 18.7. The first-order valence-corrected chi connectivity index (χ1v) is 14.1. The third-order valence-electron chi connectivity index (χ3n) is 6.64. The Morgan fingerprint density at radius 1 is 1.03 bits per heavy atom. The average Bonchev–Trinajstić information content (AvgIpc) is 3.20. The fourth-order valence-electron chi connectivity index (χ4n) is 4.62. The Morgan fingerprint density at radius 3 is 2.54 bits per heavy atom. The van der Waals surface area contributed by atoms with Gasteiger partial charge in [0, 0.05) is 27.2 Å². The summed E-state index contributed by atoms with van der Waals surface area (Å²) in [6, 6.07) is 21.4. The second kappa shape index (κ2) is 11.8. The van der Waals surface area contributed by atoms with Gasteiger partial charge in [0.25, 0.3) is 5.91 Å². The SMILES string of the molecule is Cc1ccc(N=C2S/C(=C/c3ccccc3OCc3ccc(Cl)cc3Cl)C(=O)N2C2CCCCC2)cc1. The molecule has 3 aromatic carbocycles. The number of aliphatic imine (C=N–C) groups is 1. The van der Waals surface area contributed by atoms with Crippen LogP contribution in [0.2, 0.25) is 10.0 Å². The average molecular weight is 552 g/mol. The maximum absolute atomic E-state index is 13.7. The van der Waals surface area contributed by atoms with Gasteiger partial charge < -0.3 is 4.74 Å². The summed E-state index contributed by atoms with van der Waals surface area (Å²) < 4.78 is 6.13. The van der Waals surface area contributed by atoms with Gasteiger partial charge in [-0.15, -0.1) is 0 Å². The maximum atomic E-state index is 13.7. The lowest BCUT2D eigenvalue weighted by molar-refractivity contribution is -0.124. The standard InChI is InChI=1S/C30H28Cl2N2O2S/c1-20-11-15-24(16-12-20)33-30-34(25-8-3-2-4-9-25)29(35)28(37-30)17-21-7-5-6-10-27(21)36-19-22-13-14-23(31)18-26(22)32/h5-7,10-18,25H,2-4,8-9,19H2,1H3/b28-17+,33-30?. The Kier molecular flexibility index (Phi) is 8.23. The van der Waals surface area contributed by atoms with Crippen LogP contribution in [-0.2, 0) is 11.4 Å². The molecule has 0 radical (unpaired) electrons. The number of aryl methyl sites for hydroxylation is 1. The zero-order valence-corrected chi connectivity index (χ0v) is 23.0. The number of carbonyl (C=O) groups is 1. The third-order valence-corrected chi connectivity index (χ3v) is 8.21. The van der Waals surface area contributed by atoms with Crippen molar-refractivity contribution in [3.63, 3.8) is 0 Å². The lowest BCUT2D eigenvalue weighted by Gasteiger charge is -2.30. The van der Waals surface area contributed by atoms with Gasteiger partial charge in [-0.1, -0.05) is 84.4 Å². The Labute approximate surface area is 232 Å². The van der Waals surface area contributed by atoms with Crippen LogP contribution >= 0.6 is 35.0 Å². The summed E-state index contributed by atoms with van der Waals surface area (Å²) in [4.78, 5) is 21.2. The molecule has 0 aromatic heterocycles. The van der Waals surface area contributed by atoms with E-state index in [9.17, 15) is 4.79 Å². The number of rotatable bonds is 6. The van der Waals surface area contributed by atoms with Gasteiger partial charge >= 0.3 is 0 Å². The van der Waals surface area contributed by atoms with Gasteiger partial charge in [0.05, 0.1) is 10.6 Å². The molecule has 1 saturated heterocycles. The number of amidine groups is 1. The van der Waals surface area contributed by atoms with E-state index in [1.165, 1.54) is 23.7 Å². The van der Waals surface area contributed by atoms with Crippen LogP contribution in [0.5, 0.6) is 5.75 Å². The van der Waals surface area contributed by atoms with E-state index in [4.69, 9.17) is 32.9 Å². The summed E-state index contributed by atoms with van der Waals surface area (Å²) in [5.41, 5.74) is 3.71. The molecule has 5 rings (SSSR count). The van der Waals surface area contributed by atoms with Gasteiger partial charge in [-0.3, -0.25) is 9.69 Å². The zero-order valence-electron chi connectivity index (χ0n) is 20.6. The van der Waals surface area contributed by atoms with Crippen molar-refractivity contribution in [3.8, 4) is 5.75 Å². The first-order valence-electron chi connectivity index (χ1n) is 12.5. The molecule has 1 aliphatic heterocycles. The second-order valence-corrected chi connectivity index (χ2v) is 11.2. The molecule has 1 saturated carbocycles. The Balaban J connectivity index is 1.43. The fourth-order valence-corrected chi connectivity index (χ4v) is 6.14. The van der Waals surface area contributed by atoms with E-state index in [0.29, 0.717) is 27.3 Å². The van der Waals surface area contributed by atoms with E-state index < -0.39 is 0 Å². The molecule has 7 heteroatoms. The van der Waals surface area contributed by atoms with E-state index in [2.05, 4.69) is 6.92 Å². The number of benzene rings is 3. The topological polar surface area (TPSA) is 41.9 Å². The lowest BCUT2D eigenvalue weighted by Crippen LogP contribution is -2.40. The van der Waals surface area contributed by atoms with Crippen LogP contribution in [0.4, 0.5) is 5.69 Å². The van der Waals surface area contributed by atoms with Crippen molar-refractivity contribution in [3.05, 3.63) is 98.4 Å². The molecular formula is C30H28Cl2N2O2S. The number of carbonyl (C=O) groups excluding carboxylic acids is 1. The van der Waals surface area contributed by atoms with Gasteiger partial charge in [0.2, 0.25) is 0 Å². The van der Waals surface area contributed by atoms with E-state index in [0.717, 1.165) is 47.7 Å². The summed E-state index contributed by atoms with van der Waals surface area (Å²) in [7, 11) is 0. The minimum absolute atomic E-state index is 0.0123. The monoisotopic (exact) mass is 550 g/mol. The number of hydrogen-bond donors (Lipinski definition) is 0. The van der Waals surface area contributed by atoms with Gasteiger partial charge in [-0.25, -0.2) is 4.99 Å². The minimum atomic E-state index is 0.0123. The molecule has 190 valence electrons. The van der Waals surface area contributed by atoms with Crippen molar-refractivity contribution in [2.24, 2.45) is 4.99 Å². The van der Waals surface area contributed by atoms with Crippen LogP contribution in [0.1, 0.15) is 48.8 Å². The van der Waals surface area contributed by atoms with Gasteiger partial charge in [-0.2, -0.15) is 0 Å². The quantitative estimate of drug-likeness (QED) is 0.288. The Bertz CT molecular complexity index is 1350. The molecular weight excluding hydrogens is 523 g/mol. The fraction of sp³-hybridized carbons (Fsp3) is 0.267. The van der Waals surface area contributed by atoms with Crippen molar-refractivity contribution in [2.45, 2.75) is 51.7 Å². The smallest absolute Gasteiger partial charge is 0.267 e. The zero-order chi connectivity index (χ0) is 25.8. The summed E-state index contributed by atoms with van der Waals surface area (Å²) in [6.07, 6.45) is 7.43. The first-order chi connectivity index (χ1) is 18.0.